The molecule has 2 N–H and O–H groups in total. The molecule has 2 aromatic rings. The van der Waals surface area contributed by atoms with Crippen LogP contribution in [0.1, 0.15) is 34.7 Å². The van der Waals surface area contributed by atoms with Crippen LogP contribution in [0.3, 0.4) is 0 Å². The highest BCUT2D eigenvalue weighted by atomic mass is 16.5. The molecule has 1 aliphatic rings. The highest BCUT2D eigenvalue weighted by molar-refractivity contribution is 5.37. The molecule has 20 heavy (non-hydrogen) atoms. The van der Waals surface area contributed by atoms with Gasteiger partial charge in [0.25, 0.3) is 0 Å². The number of hydrogen-bond acceptors (Lipinski definition) is 2. The van der Waals surface area contributed by atoms with Gasteiger partial charge >= 0.3 is 0 Å². The number of hydrogen-bond donors (Lipinski definition) is 1. The molecule has 0 aliphatic heterocycles. The van der Waals surface area contributed by atoms with E-state index in [4.69, 9.17) is 10.5 Å². The second kappa shape index (κ2) is 5.68. The minimum absolute atomic E-state index is 0.0181. The Balaban J connectivity index is 1.76. The summed E-state index contributed by atoms with van der Waals surface area (Å²) >= 11 is 0. The van der Waals surface area contributed by atoms with E-state index in [0.717, 1.165) is 17.7 Å². The number of rotatable bonds is 4. The van der Waals surface area contributed by atoms with Crippen LogP contribution in [0.2, 0.25) is 0 Å². The van der Waals surface area contributed by atoms with Crippen LogP contribution in [0.5, 0.6) is 5.75 Å². The van der Waals surface area contributed by atoms with Crippen LogP contribution >= 0.6 is 0 Å². The topological polar surface area (TPSA) is 35.2 Å². The Morgan fingerprint density at radius 3 is 2.80 bits per heavy atom. The van der Waals surface area contributed by atoms with E-state index >= 15 is 0 Å². The van der Waals surface area contributed by atoms with E-state index in [9.17, 15) is 0 Å². The fourth-order valence-corrected chi connectivity index (χ4v) is 3.00. The van der Waals surface area contributed by atoms with Crippen molar-refractivity contribution in [3.8, 4) is 5.75 Å². The molecule has 2 heteroatoms. The van der Waals surface area contributed by atoms with Crippen molar-refractivity contribution in [2.24, 2.45) is 5.73 Å². The van der Waals surface area contributed by atoms with Gasteiger partial charge in [-0.05, 0) is 60.1 Å². The van der Waals surface area contributed by atoms with Crippen molar-refractivity contribution >= 4 is 0 Å². The third-order valence-electron chi connectivity index (χ3n) is 4.14. The van der Waals surface area contributed by atoms with Crippen LogP contribution in [0.25, 0.3) is 0 Å². The molecule has 0 fully saturated rings. The maximum atomic E-state index is 6.34. The van der Waals surface area contributed by atoms with Gasteiger partial charge in [0.2, 0.25) is 0 Å². The largest absolute Gasteiger partial charge is 0.497 e. The molecule has 0 bridgehead atoms. The molecule has 0 heterocycles. The van der Waals surface area contributed by atoms with Gasteiger partial charge in [-0.2, -0.15) is 0 Å². The van der Waals surface area contributed by atoms with Crippen LogP contribution in [-0.2, 0) is 19.3 Å². The molecule has 0 amide bonds. The lowest BCUT2D eigenvalue weighted by molar-refractivity contribution is 0.414. The Morgan fingerprint density at radius 1 is 1.10 bits per heavy atom. The molecule has 1 unspecified atom stereocenters. The third-order valence-corrected chi connectivity index (χ3v) is 4.14. The molecule has 0 radical (unpaired) electrons. The molecule has 3 rings (SSSR count). The maximum Gasteiger partial charge on any atom is 0.119 e. The van der Waals surface area contributed by atoms with Crippen LogP contribution in [0.15, 0.2) is 42.5 Å². The van der Waals surface area contributed by atoms with Crippen LogP contribution in [0, 0.1) is 0 Å². The summed E-state index contributed by atoms with van der Waals surface area (Å²) in [4.78, 5) is 0. The van der Waals surface area contributed by atoms with Crippen molar-refractivity contribution in [3.63, 3.8) is 0 Å². The zero-order chi connectivity index (χ0) is 13.9. The molecule has 2 aromatic carbocycles. The Bertz CT molecular complexity index is 606. The highest BCUT2D eigenvalue weighted by Crippen LogP contribution is 2.25. The van der Waals surface area contributed by atoms with Crippen LogP contribution in [0.4, 0.5) is 0 Å². The number of methoxy groups -OCH3 is 1. The van der Waals surface area contributed by atoms with E-state index < -0.39 is 0 Å². The first-order valence-corrected chi connectivity index (χ1v) is 7.26. The van der Waals surface area contributed by atoms with Crippen molar-refractivity contribution in [3.05, 3.63) is 64.7 Å². The normalized spacial score (nSPS) is 14.9. The van der Waals surface area contributed by atoms with Crippen LogP contribution in [-0.4, -0.2) is 7.11 Å². The monoisotopic (exact) mass is 267 g/mol. The van der Waals surface area contributed by atoms with Gasteiger partial charge in [0.1, 0.15) is 5.75 Å². The van der Waals surface area contributed by atoms with E-state index in [1.54, 1.807) is 7.11 Å². The van der Waals surface area contributed by atoms with Gasteiger partial charge in [0.05, 0.1) is 7.11 Å². The minimum Gasteiger partial charge on any atom is -0.497 e. The molecule has 1 atom stereocenters. The number of benzene rings is 2. The number of aryl methyl sites for hydroxylation is 2. The van der Waals surface area contributed by atoms with Gasteiger partial charge in [-0.3, -0.25) is 0 Å². The number of fused-ring (bicyclic) bond motifs is 1. The van der Waals surface area contributed by atoms with E-state index in [2.05, 4.69) is 24.3 Å². The molecule has 2 nitrogen and oxygen atoms in total. The first-order valence-electron chi connectivity index (χ1n) is 7.26. The Hall–Kier alpha value is -1.80. The average molecular weight is 267 g/mol. The summed E-state index contributed by atoms with van der Waals surface area (Å²) in [6.45, 7) is 0. The summed E-state index contributed by atoms with van der Waals surface area (Å²) in [6, 6.07) is 14.9. The summed E-state index contributed by atoms with van der Waals surface area (Å²) in [5.41, 5.74) is 11.8. The quantitative estimate of drug-likeness (QED) is 0.921. The average Bonchev–Trinajstić information content (AvgIpc) is 2.95. The van der Waals surface area contributed by atoms with Crippen molar-refractivity contribution in [1.29, 1.82) is 0 Å². The van der Waals surface area contributed by atoms with Crippen molar-refractivity contribution in [2.75, 3.05) is 7.11 Å². The molecule has 0 aromatic heterocycles. The van der Waals surface area contributed by atoms with Gasteiger partial charge in [0.15, 0.2) is 0 Å². The zero-order valence-electron chi connectivity index (χ0n) is 11.9. The molecule has 0 spiro atoms. The van der Waals surface area contributed by atoms with E-state index in [1.165, 1.54) is 36.0 Å². The summed E-state index contributed by atoms with van der Waals surface area (Å²) in [7, 11) is 1.69. The molecular formula is C18H21NO. The lowest BCUT2D eigenvalue weighted by atomic mass is 9.97. The molecule has 0 saturated carbocycles. The van der Waals surface area contributed by atoms with Gasteiger partial charge in [-0.1, -0.05) is 30.3 Å². The predicted molar refractivity (Wildman–Crippen MR) is 82.1 cm³/mol. The second-order valence-corrected chi connectivity index (χ2v) is 5.54. The van der Waals surface area contributed by atoms with Gasteiger partial charge in [-0.25, -0.2) is 0 Å². The summed E-state index contributed by atoms with van der Waals surface area (Å²) in [6.07, 6.45) is 4.62. The van der Waals surface area contributed by atoms with Crippen LogP contribution < -0.4 is 10.5 Å². The Kier molecular flexibility index (Phi) is 3.75. The highest BCUT2D eigenvalue weighted by Gasteiger charge is 2.13. The summed E-state index contributed by atoms with van der Waals surface area (Å²) < 4.78 is 5.26. The Labute approximate surface area is 120 Å². The number of ether oxygens (including phenoxy) is 1. The Morgan fingerprint density at radius 2 is 1.95 bits per heavy atom. The van der Waals surface area contributed by atoms with Crippen molar-refractivity contribution in [2.45, 2.75) is 31.7 Å². The SMILES string of the molecule is COc1cccc(C(N)Cc2ccc3c(c2)CCC3)c1. The van der Waals surface area contributed by atoms with Gasteiger partial charge in [-0.15, -0.1) is 0 Å². The fraction of sp³-hybridized carbons (Fsp3) is 0.333. The first kappa shape index (κ1) is 13.2. The van der Waals surface area contributed by atoms with Crippen molar-refractivity contribution in [1.82, 2.24) is 0 Å². The zero-order valence-corrected chi connectivity index (χ0v) is 11.9. The standard InChI is InChI=1S/C18H21NO/c1-20-17-7-3-6-16(12-17)18(19)11-13-8-9-14-4-2-5-15(14)10-13/h3,6-10,12,18H,2,4-5,11,19H2,1H3. The lowest BCUT2D eigenvalue weighted by Gasteiger charge is -2.14. The van der Waals surface area contributed by atoms with Gasteiger partial charge < -0.3 is 10.5 Å². The lowest BCUT2D eigenvalue weighted by Crippen LogP contribution is -2.13. The van der Waals surface area contributed by atoms with Gasteiger partial charge in [0, 0.05) is 6.04 Å². The molecule has 1 aliphatic carbocycles. The maximum absolute atomic E-state index is 6.34. The summed E-state index contributed by atoms with van der Waals surface area (Å²) in [5, 5.41) is 0. The molecular weight excluding hydrogens is 246 g/mol. The van der Waals surface area contributed by atoms with E-state index in [1.807, 2.05) is 18.2 Å². The first-order chi connectivity index (χ1) is 9.76. The third kappa shape index (κ3) is 2.70. The molecule has 104 valence electrons. The summed E-state index contributed by atoms with van der Waals surface area (Å²) in [5.74, 6) is 0.868. The molecule has 0 saturated heterocycles. The van der Waals surface area contributed by atoms with Crippen molar-refractivity contribution < 1.29 is 4.74 Å². The second-order valence-electron chi connectivity index (χ2n) is 5.54. The minimum atomic E-state index is 0.0181. The predicted octanol–water partition coefficient (Wildman–Crippen LogP) is 3.43. The fourth-order valence-electron chi connectivity index (χ4n) is 3.00. The number of nitrogens with two attached hydrogens (primary N) is 1. The van der Waals surface area contributed by atoms with E-state index in [0.29, 0.717) is 0 Å². The van der Waals surface area contributed by atoms with E-state index in [-0.39, 0.29) is 6.04 Å². The smallest absolute Gasteiger partial charge is 0.119 e.